The van der Waals surface area contributed by atoms with Gasteiger partial charge in [0, 0.05) is 16.0 Å². The fraction of sp³-hybridized carbons (Fsp3) is 0.403. The number of imidazole rings is 2. The van der Waals surface area contributed by atoms with Crippen molar-refractivity contribution >= 4 is 81.3 Å². The fourth-order valence-corrected chi connectivity index (χ4v) is 14.4. The average Bonchev–Trinajstić information content (AvgIpc) is 1.40. The molecule has 2 unspecified atom stereocenters. The molecule has 30 heteroatoms. The van der Waals surface area contributed by atoms with Crippen molar-refractivity contribution in [3.63, 3.8) is 0 Å². The van der Waals surface area contributed by atoms with E-state index in [-0.39, 0.29) is 66.3 Å². The molecule has 6 heterocycles. The van der Waals surface area contributed by atoms with E-state index in [4.69, 9.17) is 63.0 Å². The molecular formula is C62H70FN10O15P2SSi+. The van der Waals surface area contributed by atoms with Crippen LogP contribution < -0.4 is 20.1 Å². The highest BCUT2D eigenvalue weighted by atomic mass is 32.5. The van der Waals surface area contributed by atoms with Crippen molar-refractivity contribution in [2.75, 3.05) is 39.4 Å². The number of hydrogen-bond donors (Lipinski definition) is 3. The highest BCUT2D eigenvalue weighted by molar-refractivity contribution is 8.07. The molecule has 3 aliphatic rings. The van der Waals surface area contributed by atoms with E-state index in [9.17, 15) is 29.1 Å². The summed E-state index contributed by atoms with van der Waals surface area (Å²) >= 11 is 6.34. The normalized spacial score (nSPS) is 21.7. The van der Waals surface area contributed by atoms with E-state index >= 15 is 4.39 Å². The minimum absolute atomic E-state index is 0.00162. The van der Waals surface area contributed by atoms with E-state index in [0.29, 0.717) is 28.2 Å². The Morgan fingerprint density at radius 1 is 0.826 bits per heavy atom. The number of nitriles is 1. The Kier molecular flexibility index (Phi) is 20.8. The monoisotopic (exact) mass is 1340 g/mol. The molecule has 25 nitrogen and oxygen atoms in total. The molecule has 2 saturated heterocycles. The van der Waals surface area contributed by atoms with Crippen LogP contribution in [0.2, 0.25) is 18.1 Å². The first-order valence-electron chi connectivity index (χ1n) is 29.4. The number of methoxy groups -OCH3 is 2. The van der Waals surface area contributed by atoms with Crippen LogP contribution >= 0.6 is 15.0 Å². The maximum atomic E-state index is 17.1. The van der Waals surface area contributed by atoms with Gasteiger partial charge in [-0.25, -0.2) is 29.3 Å². The smallest absolute Gasteiger partial charge is 0.497 e. The number of fused-ring (bicyclic) bond motifs is 2. The number of nitrogens with one attached hydrogen (secondary N) is 2. The van der Waals surface area contributed by atoms with Crippen molar-refractivity contribution in [1.29, 1.82) is 5.26 Å². The number of nitrogens with zero attached hydrogens (tertiary/aromatic N) is 8. The molecule has 0 bridgehead atoms. The van der Waals surface area contributed by atoms with Crippen molar-refractivity contribution in [1.82, 2.24) is 34.4 Å². The van der Waals surface area contributed by atoms with Crippen molar-refractivity contribution in [3.8, 4) is 17.6 Å². The number of carbonyl (C=O) groups excluding carboxylic acids is 3. The lowest BCUT2D eigenvalue weighted by Gasteiger charge is -2.42. The molecule has 0 aliphatic carbocycles. The first kappa shape index (κ1) is 67.4. The van der Waals surface area contributed by atoms with Gasteiger partial charge in [-0.2, -0.15) is 5.26 Å². The molecule has 0 saturated carbocycles. The lowest BCUT2D eigenvalue weighted by atomic mass is 9.80. The zero-order chi connectivity index (χ0) is 65.7. The van der Waals surface area contributed by atoms with E-state index in [0.717, 1.165) is 11.9 Å². The standard InChI is InChI=1S/C62H69FN10O15P2SSi/c1-37(2)57(75)70-47-31-44(74)49-56(69-47)73(35-67-49)60-53(52(88-92(8,9)61(3,4)5)45(85-60)32-81-62(39-19-14-11-15-20-39,40-21-25-42(79-6)26-22-40)41-23-27-43(80-7)28-24-41)87-90(91,82-30-16-29-64)83-33-46-51(86-89(77)78)48(63)59(84-46)72-36-68-50-54(65-34-66-55(50)72)71-58(76)38-17-12-10-13-18-38/h10-15,17-28,34-37,45-46,48,51-53,59-60H,16,30-33H2,1-9H3,(H2-,65,66,69,70,71,74,75,76,77,78)/p+1/t45-,46-,48-,51-,52-,53-,59-,60-,90?/m1/s1. The van der Waals surface area contributed by atoms with Gasteiger partial charge < -0.3 is 47.8 Å². The molecule has 2 fully saturated rings. The van der Waals surface area contributed by atoms with Crippen LogP contribution in [0.4, 0.5) is 16.0 Å². The molecule has 0 radical (unpaired) electrons. The van der Waals surface area contributed by atoms with Crippen LogP contribution in [0.15, 0.2) is 133 Å². The third kappa shape index (κ3) is 14.4. The predicted molar refractivity (Wildman–Crippen MR) is 340 cm³/mol. The predicted octanol–water partition coefficient (Wildman–Crippen LogP) is 10.5. The Morgan fingerprint density at radius 3 is 2.04 bits per heavy atom. The second-order valence-corrected chi connectivity index (χ2v) is 32.0. The fourth-order valence-electron chi connectivity index (χ4n) is 10.5. The summed E-state index contributed by atoms with van der Waals surface area (Å²) < 4.78 is 97.6. The molecule has 0 spiro atoms. The van der Waals surface area contributed by atoms with Crippen molar-refractivity contribution < 1.29 is 74.4 Å². The number of rotatable bonds is 25. The topological polar surface area (TPSA) is 302 Å². The number of Topliss-reactive ketones (excluding diaryl/α,β-unsaturated/α-hetero) is 1. The first-order valence-corrected chi connectivity index (χ1v) is 36.0. The molecule has 2 amide bonds. The molecule has 3 aromatic heterocycles. The number of ketones is 1. The Hall–Kier alpha value is -7.45. The van der Waals surface area contributed by atoms with Crippen molar-refractivity contribution in [2.45, 2.75) is 120 Å². The Bertz CT molecular complexity index is 3890. The Morgan fingerprint density at radius 2 is 1.43 bits per heavy atom. The van der Waals surface area contributed by atoms with Gasteiger partial charge in [-0.05, 0) is 83.0 Å². The minimum Gasteiger partial charge on any atom is -0.497 e. The number of carbonyl (C=O) groups is 3. The molecule has 484 valence electrons. The number of aliphatic imine (C=N–C) groups is 1. The van der Waals surface area contributed by atoms with E-state index in [2.05, 4.69) is 30.6 Å². The van der Waals surface area contributed by atoms with Gasteiger partial charge in [-0.3, -0.25) is 28.0 Å². The Labute approximate surface area is 537 Å². The highest BCUT2D eigenvalue weighted by Gasteiger charge is 2.57. The number of aromatic nitrogens is 6. The van der Waals surface area contributed by atoms with Crippen LogP contribution in [0.1, 0.15) is 97.5 Å². The molecule has 3 aliphatic heterocycles. The van der Waals surface area contributed by atoms with Crippen LogP contribution in [-0.2, 0) is 63.5 Å². The van der Waals surface area contributed by atoms with Crippen LogP contribution in [0, 0.1) is 17.2 Å². The van der Waals surface area contributed by atoms with Gasteiger partial charge in [0.1, 0.15) is 53.7 Å². The summed E-state index contributed by atoms with van der Waals surface area (Å²) in [6, 6.07) is 35.0. The van der Waals surface area contributed by atoms with Gasteiger partial charge in [0.15, 0.2) is 67.3 Å². The lowest BCUT2D eigenvalue weighted by molar-refractivity contribution is -0.122. The van der Waals surface area contributed by atoms with E-state index in [1.807, 2.05) is 119 Å². The number of hydrogen-bond acceptors (Lipinski definition) is 21. The van der Waals surface area contributed by atoms with Gasteiger partial charge in [-0.15, -0.1) is 9.42 Å². The quantitative estimate of drug-likeness (QED) is 0.0207. The molecular weight excluding hydrogens is 1270 g/mol. The number of ether oxygens (including phenoxy) is 5. The van der Waals surface area contributed by atoms with Gasteiger partial charge in [0.25, 0.3) is 5.91 Å². The second kappa shape index (κ2) is 28.4. The summed E-state index contributed by atoms with van der Waals surface area (Å²) in [6.45, 7) is 7.91. The van der Waals surface area contributed by atoms with E-state index in [1.165, 1.54) is 21.8 Å². The van der Waals surface area contributed by atoms with Crippen LogP contribution in [0.3, 0.4) is 0 Å². The summed E-state index contributed by atoms with van der Waals surface area (Å²) in [6.07, 6.45) is -9.07. The van der Waals surface area contributed by atoms with E-state index < -0.39 is 107 Å². The third-order valence-electron chi connectivity index (χ3n) is 16.3. The number of halogens is 1. The SMILES string of the molecule is COc1ccc(C(OC[C@H]2O[C@@H](n3cnc4c3N=C(NC(=O)C(C)C)CC4=O)[C@H](OP(=S)(OCCC#N)OC[C@H]3O[C@@H](n4cnc5c(NC(=O)c6ccccc6)ncnc54)[C@H](F)[C@@H]3O[P+](=O)O)[C@@H]2O[Si](C)(C)C(C)(C)C)(c2ccccc2)c2ccc(OC)cc2)cc1. The van der Waals surface area contributed by atoms with Gasteiger partial charge in [0.05, 0.1) is 65.6 Å². The minimum atomic E-state index is -4.39. The molecule has 4 aromatic carbocycles. The van der Waals surface area contributed by atoms with Crippen molar-refractivity contribution in [3.05, 3.63) is 156 Å². The first-order chi connectivity index (χ1) is 44.0. The molecule has 3 N–H and O–H groups in total. The number of alkyl halides is 1. The lowest BCUT2D eigenvalue weighted by Crippen LogP contribution is -2.51. The van der Waals surface area contributed by atoms with Crippen molar-refractivity contribution in [2.24, 2.45) is 10.9 Å². The van der Waals surface area contributed by atoms with Crippen LogP contribution in [0.25, 0.3) is 11.2 Å². The third-order valence-corrected chi connectivity index (χ3v) is 23.6. The molecule has 7 aromatic rings. The van der Waals surface area contributed by atoms with Gasteiger partial charge in [-0.1, -0.05) is 107 Å². The highest BCUT2D eigenvalue weighted by Crippen LogP contribution is 2.57. The van der Waals surface area contributed by atoms with Crippen LogP contribution in [0.5, 0.6) is 11.5 Å². The number of benzene rings is 4. The molecule has 10 atom stereocenters. The largest absolute Gasteiger partial charge is 0.695 e. The molecule has 92 heavy (non-hydrogen) atoms. The average molecular weight is 1340 g/mol. The Balaban J connectivity index is 1.06. The maximum absolute atomic E-state index is 17.1. The zero-order valence-electron chi connectivity index (χ0n) is 51.8. The zero-order valence-corrected chi connectivity index (χ0v) is 55.4. The maximum Gasteiger partial charge on any atom is 0.695 e. The second-order valence-electron chi connectivity index (χ2n) is 23.6. The van der Waals surface area contributed by atoms with Crippen LogP contribution in [-0.4, -0.2) is 136 Å². The van der Waals surface area contributed by atoms with Gasteiger partial charge >= 0.3 is 15.0 Å². The summed E-state index contributed by atoms with van der Waals surface area (Å²) in [7, 11) is -3.33. The summed E-state index contributed by atoms with van der Waals surface area (Å²) in [5.41, 5.74) is 1.12. The molecule has 10 rings (SSSR count). The number of amides is 2. The number of anilines is 1. The number of amidine groups is 1. The van der Waals surface area contributed by atoms with E-state index in [1.54, 1.807) is 58.4 Å². The summed E-state index contributed by atoms with van der Waals surface area (Å²) in [5, 5.41) is 14.9. The summed E-state index contributed by atoms with van der Waals surface area (Å²) in [4.78, 5) is 72.9. The summed E-state index contributed by atoms with van der Waals surface area (Å²) in [5.74, 6) is -0.540. The van der Waals surface area contributed by atoms with Gasteiger partial charge in [0.2, 0.25) is 5.91 Å².